The molecule has 29 heavy (non-hydrogen) atoms. The first-order chi connectivity index (χ1) is 13.9. The third-order valence-corrected chi connectivity index (χ3v) is 4.28. The van der Waals surface area contributed by atoms with Crippen LogP contribution in [0.5, 0.6) is 0 Å². The number of aryl methyl sites for hydroxylation is 1. The molecule has 0 unspecified atom stereocenters. The molecular weight excluding hydrogens is 398 g/mol. The predicted molar refractivity (Wildman–Crippen MR) is 109 cm³/mol. The molecule has 0 radical (unpaired) electrons. The van der Waals surface area contributed by atoms with E-state index in [-0.39, 0.29) is 22.9 Å². The van der Waals surface area contributed by atoms with Gasteiger partial charge in [-0.25, -0.2) is 14.8 Å². The summed E-state index contributed by atoms with van der Waals surface area (Å²) in [7, 11) is 1.25. The summed E-state index contributed by atoms with van der Waals surface area (Å²) in [5.74, 6) is -0.686. The molecule has 0 atom stereocenters. The van der Waals surface area contributed by atoms with Crippen molar-refractivity contribution in [2.75, 3.05) is 17.7 Å². The number of anilines is 4. The largest absolute Gasteiger partial charge is 0.465 e. The van der Waals surface area contributed by atoms with Gasteiger partial charge in [-0.1, -0.05) is 29.8 Å². The summed E-state index contributed by atoms with van der Waals surface area (Å²) in [5.41, 5.74) is 1.54. The van der Waals surface area contributed by atoms with Gasteiger partial charge >= 0.3 is 11.7 Å². The van der Waals surface area contributed by atoms with E-state index in [1.165, 1.54) is 19.5 Å². The van der Waals surface area contributed by atoms with Crippen LogP contribution in [0.4, 0.5) is 28.7 Å². The first-order valence-electron chi connectivity index (χ1n) is 8.37. The molecule has 10 heteroatoms. The van der Waals surface area contributed by atoms with Crippen LogP contribution >= 0.6 is 11.6 Å². The molecule has 3 rings (SSSR count). The van der Waals surface area contributed by atoms with Crippen molar-refractivity contribution in [3.8, 4) is 0 Å². The van der Waals surface area contributed by atoms with Crippen molar-refractivity contribution < 1.29 is 14.5 Å². The summed E-state index contributed by atoms with van der Waals surface area (Å²) in [6.45, 7) is 1.83. The Morgan fingerprint density at radius 1 is 1.10 bits per heavy atom. The maximum Gasteiger partial charge on any atom is 0.353 e. The summed E-state index contributed by atoms with van der Waals surface area (Å²) in [5, 5.41) is 18.0. The van der Waals surface area contributed by atoms with E-state index in [0.717, 1.165) is 5.56 Å². The summed E-state index contributed by atoms with van der Waals surface area (Å²) in [4.78, 5) is 31.1. The van der Waals surface area contributed by atoms with Gasteiger partial charge in [0.15, 0.2) is 0 Å². The Kier molecular flexibility index (Phi) is 5.89. The highest BCUT2D eigenvalue weighted by atomic mass is 35.5. The maximum absolute atomic E-state index is 12.0. The molecule has 0 aliphatic heterocycles. The first kappa shape index (κ1) is 20.0. The quantitative estimate of drug-likeness (QED) is 0.341. The number of para-hydroxylation sites is 1. The number of esters is 1. The number of hydrogen-bond donors (Lipinski definition) is 2. The highest BCUT2D eigenvalue weighted by Gasteiger charge is 2.25. The van der Waals surface area contributed by atoms with Gasteiger partial charge in [0.2, 0.25) is 11.6 Å². The number of carbonyl (C=O) groups is 1. The van der Waals surface area contributed by atoms with E-state index in [9.17, 15) is 14.9 Å². The number of methoxy groups -OCH3 is 1. The number of nitrogens with one attached hydrogen (secondary N) is 2. The van der Waals surface area contributed by atoms with E-state index in [0.29, 0.717) is 16.4 Å². The van der Waals surface area contributed by atoms with Gasteiger partial charge < -0.3 is 15.4 Å². The topological polar surface area (TPSA) is 119 Å². The molecule has 1 heterocycles. The van der Waals surface area contributed by atoms with Crippen LogP contribution in [0.1, 0.15) is 15.9 Å². The lowest BCUT2D eigenvalue weighted by atomic mass is 10.1. The van der Waals surface area contributed by atoms with Crippen molar-refractivity contribution in [2.45, 2.75) is 6.92 Å². The number of carbonyl (C=O) groups excluding carboxylic acids is 1. The zero-order chi connectivity index (χ0) is 21.0. The number of rotatable bonds is 6. The summed E-state index contributed by atoms with van der Waals surface area (Å²) < 4.78 is 4.75. The second-order valence-corrected chi connectivity index (χ2v) is 6.36. The number of aromatic nitrogens is 2. The number of hydrogen-bond acceptors (Lipinski definition) is 8. The second kappa shape index (κ2) is 8.53. The highest BCUT2D eigenvalue weighted by molar-refractivity contribution is 6.30. The van der Waals surface area contributed by atoms with Crippen molar-refractivity contribution in [2.24, 2.45) is 0 Å². The summed E-state index contributed by atoms with van der Waals surface area (Å²) in [6, 6.07) is 11.6. The van der Waals surface area contributed by atoms with Crippen LogP contribution in [0.3, 0.4) is 0 Å². The van der Waals surface area contributed by atoms with Crippen molar-refractivity contribution in [3.05, 3.63) is 75.1 Å². The molecule has 0 fully saturated rings. The fourth-order valence-corrected chi connectivity index (χ4v) is 2.77. The molecule has 2 N–H and O–H groups in total. The van der Waals surface area contributed by atoms with E-state index in [4.69, 9.17) is 16.3 Å². The van der Waals surface area contributed by atoms with Crippen LogP contribution < -0.4 is 10.6 Å². The van der Waals surface area contributed by atoms with Crippen LogP contribution in [0.2, 0.25) is 5.02 Å². The molecule has 0 saturated heterocycles. The number of nitro groups is 1. The van der Waals surface area contributed by atoms with Gasteiger partial charge in [-0.05, 0) is 36.8 Å². The summed E-state index contributed by atoms with van der Waals surface area (Å²) >= 11 is 6.02. The number of nitrogens with zero attached hydrogens (tertiary/aromatic N) is 3. The lowest BCUT2D eigenvalue weighted by Crippen LogP contribution is -2.09. The van der Waals surface area contributed by atoms with E-state index in [2.05, 4.69) is 20.6 Å². The number of halogens is 1. The Bertz CT molecular complexity index is 1090. The summed E-state index contributed by atoms with van der Waals surface area (Å²) in [6.07, 6.45) is 1.18. The van der Waals surface area contributed by atoms with Crippen molar-refractivity contribution in [3.63, 3.8) is 0 Å². The normalized spacial score (nSPS) is 10.3. The zero-order valence-electron chi connectivity index (χ0n) is 15.5. The lowest BCUT2D eigenvalue weighted by molar-refractivity contribution is -0.383. The predicted octanol–water partition coefficient (Wildman–Crippen LogP) is 4.62. The molecule has 0 amide bonds. The average Bonchev–Trinajstić information content (AvgIpc) is 2.70. The third-order valence-electron chi connectivity index (χ3n) is 4.04. The Morgan fingerprint density at radius 2 is 1.76 bits per heavy atom. The smallest absolute Gasteiger partial charge is 0.353 e. The van der Waals surface area contributed by atoms with E-state index in [1.807, 2.05) is 6.92 Å². The van der Waals surface area contributed by atoms with Crippen LogP contribution in [0.25, 0.3) is 0 Å². The lowest BCUT2D eigenvalue weighted by Gasteiger charge is -2.13. The van der Waals surface area contributed by atoms with E-state index >= 15 is 0 Å². The van der Waals surface area contributed by atoms with Crippen molar-refractivity contribution in [1.29, 1.82) is 0 Å². The Balaban J connectivity index is 2.04. The third kappa shape index (κ3) is 4.41. The molecule has 3 aromatic rings. The minimum Gasteiger partial charge on any atom is -0.465 e. The Morgan fingerprint density at radius 3 is 2.41 bits per heavy atom. The van der Waals surface area contributed by atoms with Gasteiger partial charge in [0, 0.05) is 10.7 Å². The average molecular weight is 414 g/mol. The monoisotopic (exact) mass is 413 g/mol. The van der Waals surface area contributed by atoms with Crippen LogP contribution in [0, 0.1) is 17.0 Å². The molecule has 148 valence electrons. The fourth-order valence-electron chi connectivity index (χ4n) is 2.60. The molecule has 9 nitrogen and oxygen atoms in total. The fraction of sp³-hybridized carbons (Fsp3) is 0.105. The molecule has 0 bridgehead atoms. The maximum atomic E-state index is 12.0. The number of benzene rings is 2. The molecule has 0 aliphatic carbocycles. The molecular formula is C19H16ClN5O4. The van der Waals surface area contributed by atoms with Crippen molar-refractivity contribution in [1.82, 2.24) is 9.97 Å². The molecule has 1 aromatic heterocycles. The standard InChI is InChI=1S/C19H16ClN5O4/c1-11-7-8-12(20)9-15(11)24-18-16(25(27)28)17(21-10-22-18)23-14-6-4-3-5-13(14)19(26)29-2/h3-10H,1-2H3,(H2,21,22,23,24). The molecule has 0 spiro atoms. The highest BCUT2D eigenvalue weighted by Crippen LogP contribution is 2.35. The van der Waals surface area contributed by atoms with Crippen LogP contribution in [-0.2, 0) is 4.74 Å². The number of ether oxygens (including phenoxy) is 1. The van der Waals surface area contributed by atoms with Gasteiger partial charge in [0.05, 0.1) is 23.3 Å². The van der Waals surface area contributed by atoms with E-state index < -0.39 is 10.9 Å². The van der Waals surface area contributed by atoms with Crippen LogP contribution in [0.15, 0.2) is 48.8 Å². The molecule has 0 saturated carbocycles. The van der Waals surface area contributed by atoms with Gasteiger partial charge in [0.25, 0.3) is 0 Å². The van der Waals surface area contributed by atoms with Crippen LogP contribution in [-0.4, -0.2) is 28.0 Å². The molecule has 2 aromatic carbocycles. The van der Waals surface area contributed by atoms with E-state index in [1.54, 1.807) is 36.4 Å². The van der Waals surface area contributed by atoms with Gasteiger partial charge in [0.1, 0.15) is 6.33 Å². The Labute approximate surface area is 170 Å². The minimum absolute atomic E-state index is 0.0200. The minimum atomic E-state index is -0.606. The zero-order valence-corrected chi connectivity index (χ0v) is 16.2. The van der Waals surface area contributed by atoms with Crippen molar-refractivity contribution >= 4 is 46.3 Å². The second-order valence-electron chi connectivity index (χ2n) is 5.92. The molecule has 0 aliphatic rings. The van der Waals surface area contributed by atoms with Gasteiger partial charge in [-0.2, -0.15) is 0 Å². The first-order valence-corrected chi connectivity index (χ1v) is 8.75. The van der Waals surface area contributed by atoms with Gasteiger partial charge in [-0.3, -0.25) is 10.1 Å². The Hall–Kier alpha value is -3.72. The SMILES string of the molecule is COC(=O)c1ccccc1Nc1ncnc(Nc2cc(Cl)ccc2C)c1[N+](=O)[O-]. The van der Waals surface area contributed by atoms with Gasteiger partial charge in [-0.15, -0.1) is 0 Å².